The molecule has 0 radical (unpaired) electrons. The van der Waals surface area contributed by atoms with E-state index in [9.17, 15) is 0 Å². The summed E-state index contributed by atoms with van der Waals surface area (Å²) in [6.07, 6.45) is 4.16. The number of fused-ring (bicyclic) bond motifs is 3. The van der Waals surface area contributed by atoms with Crippen molar-refractivity contribution in [3.8, 4) is 5.75 Å². The van der Waals surface area contributed by atoms with Crippen molar-refractivity contribution in [2.24, 2.45) is 5.92 Å². The van der Waals surface area contributed by atoms with Crippen molar-refractivity contribution >= 4 is 31.8 Å². The number of aromatic nitrogens is 2. The summed E-state index contributed by atoms with van der Waals surface area (Å²) >= 11 is 0.798. The fourth-order valence-corrected chi connectivity index (χ4v) is 4.07. The first-order valence-electron chi connectivity index (χ1n) is 6.51. The van der Waals surface area contributed by atoms with Crippen LogP contribution in [0, 0.1) is 5.92 Å². The molecule has 2 aliphatic rings. The van der Waals surface area contributed by atoms with Gasteiger partial charge in [-0.15, -0.1) is 0 Å². The van der Waals surface area contributed by atoms with E-state index >= 15 is 0 Å². The second kappa shape index (κ2) is 4.23. The third-order valence-corrected chi connectivity index (χ3v) is 5.32. The van der Waals surface area contributed by atoms with E-state index in [0.29, 0.717) is 17.8 Å². The molecule has 1 fully saturated rings. The average molecular weight is 445 g/mol. The summed E-state index contributed by atoms with van der Waals surface area (Å²) in [6, 6.07) is 6.38. The van der Waals surface area contributed by atoms with Gasteiger partial charge >= 0.3 is 128 Å². The van der Waals surface area contributed by atoms with E-state index in [4.69, 9.17) is 4.74 Å². The van der Waals surface area contributed by atoms with Gasteiger partial charge in [0.15, 0.2) is 0 Å². The van der Waals surface area contributed by atoms with Crippen LogP contribution >= 0.6 is 0 Å². The van der Waals surface area contributed by atoms with Crippen molar-refractivity contribution < 1.29 is 4.74 Å². The summed E-state index contributed by atoms with van der Waals surface area (Å²) in [6.45, 7) is 0.831. The first kappa shape index (κ1) is 11.8. The van der Waals surface area contributed by atoms with Crippen LogP contribution in [0.1, 0.15) is 23.1 Å². The maximum atomic E-state index is 5.88. The number of rotatable bonds is 2. The molecule has 1 aliphatic carbocycles. The number of imidazole rings is 1. The maximum absolute atomic E-state index is 5.88. The number of nitrogens with zero attached hydrogens (tertiary/aromatic N) is 2. The summed E-state index contributed by atoms with van der Waals surface area (Å²) in [5.74, 6) is 2.81. The quantitative estimate of drug-likeness (QED) is 0.718. The van der Waals surface area contributed by atoms with Crippen LogP contribution in [0.25, 0.3) is 0 Å². The molecule has 4 rings (SSSR count). The minimum absolute atomic E-state index is 0.549. The molecular formula is C14H14N3OTl. The Bertz CT molecular complexity index is 639. The Balaban J connectivity index is 1.71. The Kier molecular flexibility index (Phi) is 2.61. The van der Waals surface area contributed by atoms with Gasteiger partial charge in [-0.05, 0) is 0 Å². The molecule has 1 N–H and O–H groups in total. The third kappa shape index (κ3) is 1.79. The zero-order chi connectivity index (χ0) is 13.0. The summed E-state index contributed by atoms with van der Waals surface area (Å²) in [7, 11) is 1.96. The van der Waals surface area contributed by atoms with Crippen molar-refractivity contribution in [2.75, 3.05) is 19.0 Å². The Morgan fingerprint density at radius 2 is 2.32 bits per heavy atom. The molecule has 2 heterocycles. The van der Waals surface area contributed by atoms with Crippen LogP contribution < -0.4 is 10.1 Å². The first-order chi connectivity index (χ1) is 9.28. The third-order valence-electron chi connectivity index (χ3n) is 4.22. The van der Waals surface area contributed by atoms with Crippen molar-refractivity contribution in [3.05, 3.63) is 42.0 Å². The molecule has 0 spiro atoms. The van der Waals surface area contributed by atoms with Crippen LogP contribution in [0.15, 0.2) is 30.7 Å². The number of hydrogen-bond donors (Lipinski definition) is 1. The monoisotopic (exact) mass is 445 g/mol. The number of hydrogen-bond acceptors (Lipinski definition) is 3. The molecule has 3 atom stereocenters. The molecule has 1 aromatic heterocycles. The summed E-state index contributed by atoms with van der Waals surface area (Å²) < 4.78 is 8.07. The van der Waals surface area contributed by atoms with Gasteiger partial charge in [-0.1, -0.05) is 0 Å². The second-order valence-electron chi connectivity index (χ2n) is 5.27. The first-order valence-corrected chi connectivity index (χ1v) is 8.52. The predicted octanol–water partition coefficient (Wildman–Crippen LogP) is 1.75. The van der Waals surface area contributed by atoms with Gasteiger partial charge in [0, 0.05) is 0 Å². The van der Waals surface area contributed by atoms with Crippen LogP contribution in [-0.2, 0) is 0 Å². The molecule has 0 bridgehead atoms. The molecular weight excluding hydrogens is 431 g/mol. The molecule has 0 saturated heterocycles. The van der Waals surface area contributed by atoms with Gasteiger partial charge < -0.3 is 0 Å². The van der Waals surface area contributed by atoms with Crippen LogP contribution in [0.4, 0.5) is 5.69 Å². The van der Waals surface area contributed by atoms with E-state index < -0.39 is 0 Å². The van der Waals surface area contributed by atoms with E-state index in [0.717, 1.165) is 44.1 Å². The summed E-state index contributed by atoms with van der Waals surface area (Å²) in [5.41, 5.74) is 3.74. The van der Waals surface area contributed by atoms with Crippen molar-refractivity contribution in [1.29, 1.82) is 0 Å². The van der Waals surface area contributed by atoms with Crippen molar-refractivity contribution in [3.63, 3.8) is 0 Å². The van der Waals surface area contributed by atoms with Crippen LogP contribution in [0.5, 0.6) is 5.75 Å². The molecule has 1 saturated carbocycles. The average Bonchev–Trinajstić information content (AvgIpc) is 3.04. The van der Waals surface area contributed by atoms with E-state index in [1.165, 1.54) is 11.3 Å². The van der Waals surface area contributed by atoms with E-state index in [-0.39, 0.29) is 0 Å². The Hall–Kier alpha value is -1.05. The van der Waals surface area contributed by atoms with Crippen LogP contribution in [-0.4, -0.2) is 47.1 Å². The Morgan fingerprint density at radius 1 is 1.42 bits per heavy atom. The van der Waals surface area contributed by atoms with Crippen molar-refractivity contribution in [1.82, 2.24) is 7.36 Å². The van der Waals surface area contributed by atoms with Gasteiger partial charge in [-0.3, -0.25) is 0 Å². The molecule has 94 valence electrons. The van der Waals surface area contributed by atoms with E-state index in [1.807, 2.05) is 13.4 Å². The van der Waals surface area contributed by atoms with Crippen LogP contribution in [0.3, 0.4) is 0 Å². The molecule has 5 heteroatoms. The molecule has 1 aliphatic heterocycles. The van der Waals surface area contributed by atoms with Gasteiger partial charge in [0.2, 0.25) is 0 Å². The van der Waals surface area contributed by atoms with Gasteiger partial charge in [0.05, 0.1) is 0 Å². The fourth-order valence-electron chi connectivity index (χ4n) is 3.22. The predicted molar refractivity (Wildman–Crippen MR) is 73.8 cm³/mol. The van der Waals surface area contributed by atoms with Crippen molar-refractivity contribution in [2.45, 2.75) is 11.8 Å². The number of benzene rings is 1. The van der Waals surface area contributed by atoms with Gasteiger partial charge in [-0.25, -0.2) is 0 Å². The summed E-state index contributed by atoms with van der Waals surface area (Å²) in [5, 5.41) is 3.21. The SMILES string of the molecule is CNc1ccc2c(c1)[C@@H]1[C@H](CO2)[C@H]1c1c[n]([Tl])cn1. The number of nitrogens with one attached hydrogen (secondary N) is 1. The topological polar surface area (TPSA) is 39.1 Å². The van der Waals surface area contributed by atoms with E-state index in [2.05, 4.69) is 37.1 Å². The summed E-state index contributed by atoms with van der Waals surface area (Å²) in [4.78, 5) is 4.55. The second-order valence-corrected chi connectivity index (χ2v) is 7.59. The molecule has 19 heavy (non-hydrogen) atoms. The zero-order valence-electron chi connectivity index (χ0n) is 10.7. The minimum atomic E-state index is 0.549. The molecule has 2 aromatic rings. The fraction of sp³-hybridized carbons (Fsp3) is 0.357. The Labute approximate surface area is 128 Å². The zero-order valence-corrected chi connectivity index (χ0v) is 15.2. The molecule has 4 nitrogen and oxygen atoms in total. The molecule has 0 unspecified atom stereocenters. The number of anilines is 1. The Morgan fingerprint density at radius 3 is 3.05 bits per heavy atom. The number of ether oxygens (including phenoxy) is 1. The van der Waals surface area contributed by atoms with E-state index in [1.54, 1.807) is 0 Å². The van der Waals surface area contributed by atoms with Crippen LogP contribution in [0.2, 0.25) is 0 Å². The standard InChI is InChI=1S/C14H14N3O.Tl/c1-15-8-2-3-12-9(4-8)13-10(6-18-12)14(13)11-5-16-7-17-11;/h2-5,7,10,13-15H,6H2,1H3;/q-1;+1/t10-,13+,14-;/m0./s1. The normalized spacial score (nSPS) is 27.1. The molecule has 0 amide bonds. The van der Waals surface area contributed by atoms with Gasteiger partial charge in [0.1, 0.15) is 0 Å². The van der Waals surface area contributed by atoms with Gasteiger partial charge in [-0.2, -0.15) is 0 Å². The molecule has 1 aromatic carbocycles. The van der Waals surface area contributed by atoms with Gasteiger partial charge in [0.25, 0.3) is 0 Å².